The van der Waals surface area contributed by atoms with Gasteiger partial charge in [-0.25, -0.2) is 4.79 Å². The first kappa shape index (κ1) is 20.4. The molecule has 0 bridgehead atoms. The number of anilines is 1. The van der Waals surface area contributed by atoms with Gasteiger partial charge in [0.25, 0.3) is 5.91 Å². The van der Waals surface area contributed by atoms with Gasteiger partial charge in [0.05, 0.1) is 16.7 Å². The van der Waals surface area contributed by atoms with Crippen LogP contribution in [0.25, 0.3) is 11.1 Å². The molecule has 6 nitrogen and oxygen atoms in total. The molecule has 148 valence electrons. The molecule has 0 saturated heterocycles. The van der Waals surface area contributed by atoms with Gasteiger partial charge in [0.1, 0.15) is 0 Å². The number of amides is 2. The summed E-state index contributed by atoms with van der Waals surface area (Å²) in [5.41, 5.74) is 8.14. The van der Waals surface area contributed by atoms with E-state index in [-0.39, 0.29) is 16.7 Å². The van der Waals surface area contributed by atoms with Crippen molar-refractivity contribution in [1.82, 2.24) is 0 Å². The van der Waals surface area contributed by atoms with Gasteiger partial charge in [0.2, 0.25) is 5.91 Å². The van der Waals surface area contributed by atoms with Crippen LogP contribution in [0.4, 0.5) is 5.69 Å². The minimum absolute atomic E-state index is 0.00382. The van der Waals surface area contributed by atoms with E-state index in [0.717, 1.165) is 22.8 Å². The van der Waals surface area contributed by atoms with Crippen LogP contribution in [-0.2, 0) is 0 Å². The molecular formula is C24H18N2O4. The summed E-state index contributed by atoms with van der Waals surface area (Å²) in [5.74, 6) is 3.15. The summed E-state index contributed by atoms with van der Waals surface area (Å²) in [4.78, 5) is 35.8. The number of carbonyl (C=O) groups excluding carboxylic acids is 2. The molecule has 0 aliphatic rings. The largest absolute Gasteiger partial charge is 0.478 e. The number of nitrogens with two attached hydrogens (primary N) is 1. The SMILES string of the molecule is CC#Cc1ccc(-c2ccccc2NC(=O)c2ccc(C(=O)O)cc2C(N)=O)cc1. The van der Waals surface area contributed by atoms with Crippen LogP contribution in [-0.4, -0.2) is 22.9 Å². The van der Waals surface area contributed by atoms with Gasteiger partial charge >= 0.3 is 5.97 Å². The second kappa shape index (κ2) is 8.76. The highest BCUT2D eigenvalue weighted by atomic mass is 16.4. The second-order valence-electron chi connectivity index (χ2n) is 6.38. The first-order valence-electron chi connectivity index (χ1n) is 9.01. The van der Waals surface area contributed by atoms with Gasteiger partial charge < -0.3 is 16.2 Å². The molecule has 0 saturated carbocycles. The van der Waals surface area contributed by atoms with E-state index in [1.165, 1.54) is 12.1 Å². The lowest BCUT2D eigenvalue weighted by molar-refractivity contribution is 0.0696. The Balaban J connectivity index is 1.96. The average molecular weight is 398 g/mol. The molecule has 0 radical (unpaired) electrons. The normalized spacial score (nSPS) is 9.90. The number of aromatic carboxylic acids is 1. The van der Waals surface area contributed by atoms with Crippen molar-refractivity contribution < 1.29 is 19.5 Å². The molecule has 0 spiro atoms. The lowest BCUT2D eigenvalue weighted by atomic mass is 10.0. The quantitative estimate of drug-likeness (QED) is 0.568. The monoisotopic (exact) mass is 398 g/mol. The zero-order valence-corrected chi connectivity index (χ0v) is 16.1. The Morgan fingerprint density at radius 3 is 2.27 bits per heavy atom. The Bertz CT molecular complexity index is 1200. The highest BCUT2D eigenvalue weighted by Gasteiger charge is 2.19. The summed E-state index contributed by atoms with van der Waals surface area (Å²) >= 11 is 0. The molecule has 0 aromatic heterocycles. The van der Waals surface area contributed by atoms with Crippen LogP contribution in [0.5, 0.6) is 0 Å². The molecule has 2 amide bonds. The summed E-state index contributed by atoms with van der Waals surface area (Å²) in [6, 6.07) is 18.4. The molecule has 0 heterocycles. The minimum atomic E-state index is -1.22. The molecule has 4 N–H and O–H groups in total. The Morgan fingerprint density at radius 2 is 1.63 bits per heavy atom. The number of carboxylic acids is 1. The molecule has 0 atom stereocenters. The van der Waals surface area contributed by atoms with E-state index < -0.39 is 17.8 Å². The van der Waals surface area contributed by atoms with E-state index in [0.29, 0.717) is 5.69 Å². The fraction of sp³-hybridized carbons (Fsp3) is 0.0417. The summed E-state index contributed by atoms with van der Waals surface area (Å²) in [5, 5.41) is 11.9. The molecule has 0 unspecified atom stereocenters. The molecule has 30 heavy (non-hydrogen) atoms. The van der Waals surface area contributed by atoms with E-state index in [9.17, 15) is 14.4 Å². The lowest BCUT2D eigenvalue weighted by Crippen LogP contribution is -2.21. The van der Waals surface area contributed by atoms with Gasteiger partial charge in [-0.3, -0.25) is 9.59 Å². The van der Waals surface area contributed by atoms with Crippen LogP contribution >= 0.6 is 0 Å². The third-order valence-electron chi connectivity index (χ3n) is 4.42. The van der Waals surface area contributed by atoms with Crippen molar-refractivity contribution in [3.8, 4) is 23.0 Å². The Kier molecular flexibility index (Phi) is 5.94. The second-order valence-corrected chi connectivity index (χ2v) is 6.38. The summed E-state index contributed by atoms with van der Waals surface area (Å²) < 4.78 is 0. The first-order valence-corrected chi connectivity index (χ1v) is 9.01. The number of carboxylic acid groups (broad SMARTS) is 1. The molecule has 3 aromatic rings. The third-order valence-corrected chi connectivity index (χ3v) is 4.42. The average Bonchev–Trinajstić information content (AvgIpc) is 2.74. The van der Waals surface area contributed by atoms with Crippen molar-refractivity contribution >= 4 is 23.5 Å². The van der Waals surface area contributed by atoms with E-state index in [1.807, 2.05) is 36.4 Å². The third kappa shape index (κ3) is 4.37. The number of carbonyl (C=O) groups is 3. The standard InChI is InChI=1S/C24H18N2O4/c1-2-5-15-8-10-16(11-9-15)18-6-3-4-7-21(18)26-23(28)19-13-12-17(24(29)30)14-20(19)22(25)27/h3-4,6-14H,1H3,(H2,25,27)(H,26,28)(H,29,30). The molecule has 3 rings (SSSR count). The van der Waals surface area contributed by atoms with Crippen molar-refractivity contribution in [3.63, 3.8) is 0 Å². The lowest BCUT2D eigenvalue weighted by Gasteiger charge is -2.13. The summed E-state index contributed by atoms with van der Waals surface area (Å²) in [6.07, 6.45) is 0. The molecular weight excluding hydrogens is 380 g/mol. The highest BCUT2D eigenvalue weighted by molar-refractivity contribution is 6.13. The fourth-order valence-electron chi connectivity index (χ4n) is 2.99. The Labute approximate surface area is 173 Å². The van der Waals surface area contributed by atoms with Crippen LogP contribution in [0.3, 0.4) is 0 Å². The topological polar surface area (TPSA) is 109 Å². The maximum absolute atomic E-state index is 12.9. The van der Waals surface area contributed by atoms with Crippen LogP contribution < -0.4 is 11.1 Å². The van der Waals surface area contributed by atoms with Gasteiger partial charge in [0.15, 0.2) is 0 Å². The number of rotatable bonds is 5. The molecule has 0 aliphatic heterocycles. The number of hydrogen-bond donors (Lipinski definition) is 3. The van der Waals surface area contributed by atoms with Crippen molar-refractivity contribution in [2.45, 2.75) is 6.92 Å². The predicted octanol–water partition coefficient (Wildman–Crippen LogP) is 3.77. The highest BCUT2D eigenvalue weighted by Crippen LogP contribution is 2.28. The Morgan fingerprint density at radius 1 is 0.933 bits per heavy atom. The molecule has 0 aliphatic carbocycles. The number of hydrogen-bond acceptors (Lipinski definition) is 3. The number of primary amides is 1. The van der Waals surface area contributed by atoms with Gasteiger partial charge in [-0.15, -0.1) is 5.92 Å². The Hall–Kier alpha value is -4.37. The zero-order chi connectivity index (χ0) is 21.7. The van der Waals surface area contributed by atoms with Crippen molar-refractivity contribution in [2.24, 2.45) is 5.73 Å². The van der Waals surface area contributed by atoms with Gasteiger partial charge in [-0.2, -0.15) is 0 Å². The van der Waals surface area contributed by atoms with Gasteiger partial charge in [0, 0.05) is 16.8 Å². The maximum Gasteiger partial charge on any atom is 0.335 e. The maximum atomic E-state index is 12.9. The smallest absolute Gasteiger partial charge is 0.335 e. The van der Waals surface area contributed by atoms with Crippen LogP contribution in [0.15, 0.2) is 66.7 Å². The van der Waals surface area contributed by atoms with Crippen LogP contribution in [0.2, 0.25) is 0 Å². The summed E-state index contributed by atoms with van der Waals surface area (Å²) in [6.45, 7) is 1.77. The molecule has 6 heteroatoms. The van der Waals surface area contributed by atoms with Crippen LogP contribution in [0, 0.1) is 11.8 Å². The molecule has 3 aromatic carbocycles. The number of nitrogens with one attached hydrogen (secondary N) is 1. The van der Waals surface area contributed by atoms with Gasteiger partial charge in [-0.05, 0) is 48.9 Å². The van der Waals surface area contributed by atoms with E-state index >= 15 is 0 Å². The number of para-hydroxylation sites is 1. The van der Waals surface area contributed by atoms with Crippen LogP contribution in [0.1, 0.15) is 43.6 Å². The van der Waals surface area contributed by atoms with E-state index in [2.05, 4.69) is 17.2 Å². The minimum Gasteiger partial charge on any atom is -0.478 e. The summed E-state index contributed by atoms with van der Waals surface area (Å²) in [7, 11) is 0. The van der Waals surface area contributed by atoms with Crippen molar-refractivity contribution in [1.29, 1.82) is 0 Å². The van der Waals surface area contributed by atoms with E-state index in [1.54, 1.807) is 19.1 Å². The van der Waals surface area contributed by atoms with Gasteiger partial charge in [-0.1, -0.05) is 36.3 Å². The first-order chi connectivity index (χ1) is 14.4. The number of benzene rings is 3. The van der Waals surface area contributed by atoms with Crippen molar-refractivity contribution in [2.75, 3.05) is 5.32 Å². The van der Waals surface area contributed by atoms with Crippen molar-refractivity contribution in [3.05, 3.63) is 89.0 Å². The zero-order valence-electron chi connectivity index (χ0n) is 16.1. The molecule has 0 fully saturated rings. The predicted molar refractivity (Wildman–Crippen MR) is 114 cm³/mol. The van der Waals surface area contributed by atoms with E-state index in [4.69, 9.17) is 10.8 Å². The fourth-order valence-corrected chi connectivity index (χ4v) is 2.99.